The molecule has 2 heterocycles. The van der Waals surface area contributed by atoms with E-state index >= 15 is 0 Å². The molecule has 0 saturated heterocycles. The Morgan fingerprint density at radius 3 is 2.95 bits per heavy atom. The van der Waals surface area contributed by atoms with Crippen LogP contribution < -0.4 is 5.32 Å². The molecule has 2 aromatic rings. The fourth-order valence-corrected chi connectivity index (χ4v) is 3.68. The van der Waals surface area contributed by atoms with Crippen LogP contribution in [0.15, 0.2) is 17.5 Å². The molecule has 0 bridgehead atoms. The monoisotopic (exact) mass is 308 g/mol. The Morgan fingerprint density at radius 1 is 1.50 bits per heavy atom. The van der Waals surface area contributed by atoms with E-state index < -0.39 is 0 Å². The van der Waals surface area contributed by atoms with Gasteiger partial charge >= 0.3 is 0 Å². The first kappa shape index (κ1) is 15.2. The fraction of sp³-hybridized carbons (Fsp3) is 0.467. The second-order valence-corrected chi connectivity index (χ2v) is 7.09. The molecule has 0 aliphatic heterocycles. The van der Waals surface area contributed by atoms with E-state index in [0.29, 0.717) is 6.42 Å². The van der Waals surface area contributed by atoms with Gasteiger partial charge in [-0.15, -0.1) is 22.7 Å². The van der Waals surface area contributed by atoms with Crippen molar-refractivity contribution in [2.75, 3.05) is 0 Å². The van der Waals surface area contributed by atoms with E-state index in [9.17, 15) is 4.79 Å². The minimum atomic E-state index is 0.127. The summed E-state index contributed by atoms with van der Waals surface area (Å²) in [5.41, 5.74) is 1.05. The van der Waals surface area contributed by atoms with Gasteiger partial charge in [-0.05, 0) is 38.1 Å². The Balaban J connectivity index is 2.02. The van der Waals surface area contributed by atoms with Gasteiger partial charge in [0.05, 0.1) is 15.6 Å². The van der Waals surface area contributed by atoms with Crippen molar-refractivity contribution >= 4 is 28.6 Å². The SMILES string of the molecule is CC[C@H](C)NC(=O)CCc1sc(C)nc1-c1cccs1. The summed E-state index contributed by atoms with van der Waals surface area (Å²) >= 11 is 3.39. The van der Waals surface area contributed by atoms with E-state index in [4.69, 9.17) is 0 Å². The Kier molecular flexibility index (Phi) is 5.31. The predicted octanol–water partition coefficient (Wildman–Crippen LogP) is 4.03. The van der Waals surface area contributed by atoms with E-state index in [1.54, 1.807) is 22.7 Å². The molecule has 1 atom stereocenters. The molecule has 2 aromatic heterocycles. The van der Waals surface area contributed by atoms with Crippen molar-refractivity contribution in [2.45, 2.75) is 46.1 Å². The lowest BCUT2D eigenvalue weighted by Gasteiger charge is -2.10. The highest BCUT2D eigenvalue weighted by molar-refractivity contribution is 7.15. The highest BCUT2D eigenvalue weighted by Gasteiger charge is 2.14. The number of rotatable bonds is 6. The average Bonchev–Trinajstić information content (AvgIpc) is 3.05. The van der Waals surface area contributed by atoms with Crippen LogP contribution >= 0.6 is 22.7 Å². The number of nitrogens with zero attached hydrogens (tertiary/aromatic N) is 1. The van der Waals surface area contributed by atoms with Crippen LogP contribution in [0, 0.1) is 6.92 Å². The molecule has 20 heavy (non-hydrogen) atoms. The molecular formula is C15H20N2OS2. The standard InChI is InChI=1S/C15H20N2OS2/c1-4-10(2)16-14(18)8-7-13-15(17-11(3)20-13)12-6-5-9-19-12/h5-6,9-10H,4,7-8H2,1-3H3,(H,16,18)/t10-/m0/s1. The predicted molar refractivity (Wildman–Crippen MR) is 86.4 cm³/mol. The number of aromatic nitrogens is 1. The van der Waals surface area contributed by atoms with Crippen LogP contribution in [-0.4, -0.2) is 16.9 Å². The lowest BCUT2D eigenvalue weighted by Crippen LogP contribution is -2.31. The van der Waals surface area contributed by atoms with Gasteiger partial charge in [0.2, 0.25) is 5.91 Å². The Hall–Kier alpha value is -1.20. The van der Waals surface area contributed by atoms with Gasteiger partial charge in [-0.2, -0.15) is 0 Å². The number of amides is 1. The van der Waals surface area contributed by atoms with Crippen LogP contribution in [0.4, 0.5) is 0 Å². The van der Waals surface area contributed by atoms with Gasteiger partial charge in [0, 0.05) is 17.3 Å². The van der Waals surface area contributed by atoms with Gasteiger partial charge < -0.3 is 5.32 Å². The zero-order chi connectivity index (χ0) is 14.5. The zero-order valence-electron chi connectivity index (χ0n) is 12.1. The van der Waals surface area contributed by atoms with Crippen LogP contribution in [0.3, 0.4) is 0 Å². The highest BCUT2D eigenvalue weighted by Crippen LogP contribution is 2.31. The summed E-state index contributed by atoms with van der Waals surface area (Å²) in [5, 5.41) is 6.13. The molecule has 0 radical (unpaired) electrons. The lowest BCUT2D eigenvalue weighted by molar-refractivity contribution is -0.121. The smallest absolute Gasteiger partial charge is 0.220 e. The van der Waals surface area contributed by atoms with Crippen molar-refractivity contribution < 1.29 is 4.79 Å². The van der Waals surface area contributed by atoms with E-state index in [-0.39, 0.29) is 11.9 Å². The Morgan fingerprint density at radius 2 is 2.30 bits per heavy atom. The molecule has 1 N–H and O–H groups in total. The number of carbonyl (C=O) groups excluding carboxylic acids is 1. The molecule has 0 fully saturated rings. The normalized spacial score (nSPS) is 12.3. The number of hydrogen-bond donors (Lipinski definition) is 1. The summed E-state index contributed by atoms with van der Waals surface area (Å²) in [6.45, 7) is 6.13. The van der Waals surface area contributed by atoms with Gasteiger partial charge in [0.1, 0.15) is 0 Å². The second-order valence-electron chi connectivity index (χ2n) is 4.86. The number of aryl methyl sites for hydroxylation is 2. The van der Waals surface area contributed by atoms with Crippen LogP contribution in [0.5, 0.6) is 0 Å². The van der Waals surface area contributed by atoms with Crippen LogP contribution in [0.1, 0.15) is 36.6 Å². The molecule has 3 nitrogen and oxygen atoms in total. The van der Waals surface area contributed by atoms with E-state index in [0.717, 1.165) is 23.5 Å². The number of carbonyl (C=O) groups is 1. The van der Waals surface area contributed by atoms with Gasteiger partial charge in [-0.25, -0.2) is 4.98 Å². The fourth-order valence-electron chi connectivity index (χ4n) is 1.92. The van der Waals surface area contributed by atoms with E-state index in [2.05, 4.69) is 28.7 Å². The molecule has 108 valence electrons. The van der Waals surface area contributed by atoms with Gasteiger partial charge in [0.15, 0.2) is 0 Å². The summed E-state index contributed by atoms with van der Waals surface area (Å²) in [6, 6.07) is 4.37. The molecule has 5 heteroatoms. The van der Waals surface area contributed by atoms with Crippen molar-refractivity contribution in [1.29, 1.82) is 0 Å². The van der Waals surface area contributed by atoms with E-state index in [1.165, 1.54) is 9.75 Å². The van der Waals surface area contributed by atoms with E-state index in [1.807, 2.05) is 19.9 Å². The average molecular weight is 308 g/mol. The molecule has 0 saturated carbocycles. The second kappa shape index (κ2) is 6.99. The molecule has 2 rings (SSSR count). The highest BCUT2D eigenvalue weighted by atomic mass is 32.1. The first-order valence-electron chi connectivity index (χ1n) is 6.89. The summed E-state index contributed by atoms with van der Waals surface area (Å²) < 4.78 is 0. The summed E-state index contributed by atoms with van der Waals surface area (Å²) in [7, 11) is 0. The number of thiazole rings is 1. The molecule has 0 unspecified atom stereocenters. The maximum Gasteiger partial charge on any atom is 0.220 e. The quantitative estimate of drug-likeness (QED) is 0.875. The first-order valence-corrected chi connectivity index (χ1v) is 8.59. The van der Waals surface area contributed by atoms with Crippen LogP contribution in [-0.2, 0) is 11.2 Å². The lowest BCUT2D eigenvalue weighted by atomic mass is 10.2. The Bertz CT molecular complexity index is 560. The van der Waals surface area contributed by atoms with Gasteiger partial charge in [-0.1, -0.05) is 13.0 Å². The summed E-state index contributed by atoms with van der Waals surface area (Å²) in [5.74, 6) is 0.127. The molecule has 1 amide bonds. The van der Waals surface area contributed by atoms with Gasteiger partial charge in [0.25, 0.3) is 0 Å². The first-order chi connectivity index (χ1) is 9.60. The third-order valence-electron chi connectivity index (χ3n) is 3.16. The summed E-state index contributed by atoms with van der Waals surface area (Å²) in [6.07, 6.45) is 2.26. The molecular weight excluding hydrogens is 288 g/mol. The third-order valence-corrected chi connectivity index (χ3v) is 5.06. The van der Waals surface area contributed by atoms with Crippen molar-refractivity contribution in [3.05, 3.63) is 27.4 Å². The van der Waals surface area contributed by atoms with Gasteiger partial charge in [-0.3, -0.25) is 4.79 Å². The largest absolute Gasteiger partial charge is 0.354 e. The summed E-state index contributed by atoms with van der Waals surface area (Å²) in [4.78, 5) is 18.9. The van der Waals surface area contributed by atoms with Crippen molar-refractivity contribution in [2.24, 2.45) is 0 Å². The number of nitrogens with one attached hydrogen (secondary N) is 1. The zero-order valence-corrected chi connectivity index (χ0v) is 13.7. The topological polar surface area (TPSA) is 42.0 Å². The molecule has 0 spiro atoms. The Labute approximate surface area is 128 Å². The van der Waals surface area contributed by atoms with Crippen molar-refractivity contribution in [1.82, 2.24) is 10.3 Å². The van der Waals surface area contributed by atoms with Crippen LogP contribution in [0.25, 0.3) is 10.6 Å². The minimum absolute atomic E-state index is 0.127. The number of thiophene rings is 1. The maximum atomic E-state index is 11.9. The molecule has 0 aliphatic carbocycles. The van der Waals surface area contributed by atoms with Crippen LogP contribution in [0.2, 0.25) is 0 Å². The maximum absolute atomic E-state index is 11.9. The minimum Gasteiger partial charge on any atom is -0.354 e. The third kappa shape index (κ3) is 3.90. The number of hydrogen-bond acceptors (Lipinski definition) is 4. The molecule has 0 aliphatic rings. The van der Waals surface area contributed by atoms with Crippen molar-refractivity contribution in [3.63, 3.8) is 0 Å². The molecule has 0 aromatic carbocycles. The van der Waals surface area contributed by atoms with Crippen molar-refractivity contribution in [3.8, 4) is 10.6 Å².